The largest absolute Gasteiger partial charge is 0.495 e. The molecule has 0 radical (unpaired) electrons. The van der Waals surface area contributed by atoms with Crippen LogP contribution in [0.4, 0.5) is 5.69 Å². The van der Waals surface area contributed by atoms with Gasteiger partial charge in [-0.3, -0.25) is 4.79 Å². The highest BCUT2D eigenvalue weighted by molar-refractivity contribution is 5.97. The van der Waals surface area contributed by atoms with E-state index in [9.17, 15) is 4.79 Å². The molecule has 116 valence electrons. The Morgan fingerprint density at radius 3 is 2.90 bits per heavy atom. The van der Waals surface area contributed by atoms with E-state index in [1.165, 1.54) is 0 Å². The summed E-state index contributed by atoms with van der Waals surface area (Å²) in [5.74, 6) is 0.700. The molecular weight excluding hydrogens is 268 g/mol. The van der Waals surface area contributed by atoms with Crippen LogP contribution in [-0.4, -0.2) is 38.8 Å². The molecule has 1 saturated heterocycles. The molecular formula is C16H24N2O3. The van der Waals surface area contributed by atoms with Gasteiger partial charge in [0.1, 0.15) is 11.9 Å². The smallest absolute Gasteiger partial charge is 0.256 e. The van der Waals surface area contributed by atoms with Gasteiger partial charge in [-0.05, 0) is 44.4 Å². The lowest BCUT2D eigenvalue weighted by Gasteiger charge is -2.30. The molecule has 0 aromatic heterocycles. The molecule has 1 aliphatic rings. The van der Waals surface area contributed by atoms with Crippen LogP contribution in [0.5, 0.6) is 5.75 Å². The maximum atomic E-state index is 12.8. The summed E-state index contributed by atoms with van der Waals surface area (Å²) in [5.41, 5.74) is 6.39. The minimum absolute atomic E-state index is 0.00708. The molecule has 2 rings (SSSR count). The predicted octanol–water partition coefficient (Wildman–Crippen LogP) is 1.95. The molecule has 0 spiro atoms. The van der Waals surface area contributed by atoms with Crippen molar-refractivity contribution in [1.82, 2.24) is 0 Å². The van der Waals surface area contributed by atoms with Gasteiger partial charge in [0.15, 0.2) is 0 Å². The molecule has 21 heavy (non-hydrogen) atoms. The van der Waals surface area contributed by atoms with Crippen LogP contribution in [0.15, 0.2) is 24.3 Å². The number of rotatable bonds is 6. The standard InChI is InChI=1S/C16H24N2O3/c1-20-14-8-3-2-7-13(14)18(11-6-10-17)16(19)15-9-4-5-12-21-15/h2-3,7-8,15H,4-6,9-12,17H2,1H3. The molecule has 5 nitrogen and oxygen atoms in total. The number of para-hydroxylation sites is 2. The number of hydrogen-bond donors (Lipinski definition) is 1. The molecule has 1 heterocycles. The first-order chi connectivity index (χ1) is 10.3. The number of carbonyl (C=O) groups excluding carboxylic acids is 1. The number of anilines is 1. The van der Waals surface area contributed by atoms with Crippen LogP contribution >= 0.6 is 0 Å². The van der Waals surface area contributed by atoms with E-state index in [4.69, 9.17) is 15.2 Å². The number of amides is 1. The second-order valence-corrected chi connectivity index (χ2v) is 5.16. The van der Waals surface area contributed by atoms with Gasteiger partial charge in [0.05, 0.1) is 12.8 Å². The lowest BCUT2D eigenvalue weighted by atomic mass is 10.1. The maximum Gasteiger partial charge on any atom is 0.256 e. The summed E-state index contributed by atoms with van der Waals surface area (Å²) in [5, 5.41) is 0. The Bertz CT molecular complexity index is 459. The average Bonchev–Trinajstić information content (AvgIpc) is 2.56. The number of benzene rings is 1. The quantitative estimate of drug-likeness (QED) is 0.870. The minimum Gasteiger partial charge on any atom is -0.495 e. The molecule has 0 bridgehead atoms. The van der Waals surface area contributed by atoms with Crippen molar-refractivity contribution < 1.29 is 14.3 Å². The summed E-state index contributed by atoms with van der Waals surface area (Å²) >= 11 is 0. The third-order valence-corrected chi connectivity index (χ3v) is 3.68. The van der Waals surface area contributed by atoms with Gasteiger partial charge in [0.25, 0.3) is 5.91 Å². The molecule has 1 unspecified atom stereocenters. The molecule has 1 aromatic carbocycles. The summed E-state index contributed by atoms with van der Waals surface area (Å²) in [7, 11) is 1.61. The first-order valence-corrected chi connectivity index (χ1v) is 7.54. The van der Waals surface area contributed by atoms with Crippen molar-refractivity contribution in [3.8, 4) is 5.75 Å². The lowest BCUT2D eigenvalue weighted by Crippen LogP contribution is -2.43. The second-order valence-electron chi connectivity index (χ2n) is 5.16. The zero-order chi connectivity index (χ0) is 15.1. The fourth-order valence-electron chi connectivity index (χ4n) is 2.56. The second kappa shape index (κ2) is 8.00. The molecule has 0 aliphatic carbocycles. The maximum absolute atomic E-state index is 12.8. The number of methoxy groups -OCH3 is 1. The zero-order valence-corrected chi connectivity index (χ0v) is 12.6. The Morgan fingerprint density at radius 1 is 1.43 bits per heavy atom. The normalized spacial score (nSPS) is 18.3. The molecule has 1 aliphatic heterocycles. The summed E-state index contributed by atoms with van der Waals surface area (Å²) < 4.78 is 11.0. The Hall–Kier alpha value is -1.59. The Balaban J connectivity index is 2.22. The Morgan fingerprint density at radius 2 is 2.24 bits per heavy atom. The van der Waals surface area contributed by atoms with Crippen LogP contribution in [0.2, 0.25) is 0 Å². The van der Waals surface area contributed by atoms with Crippen LogP contribution in [0.1, 0.15) is 25.7 Å². The number of carbonyl (C=O) groups is 1. The lowest BCUT2D eigenvalue weighted by molar-refractivity contribution is -0.132. The van der Waals surface area contributed by atoms with Gasteiger partial charge in [-0.2, -0.15) is 0 Å². The van der Waals surface area contributed by atoms with Crippen LogP contribution < -0.4 is 15.4 Å². The van der Waals surface area contributed by atoms with Crippen molar-refractivity contribution >= 4 is 11.6 Å². The SMILES string of the molecule is COc1ccccc1N(CCCN)C(=O)C1CCCCO1. The summed E-state index contributed by atoms with van der Waals surface area (Å²) in [6, 6.07) is 7.56. The van der Waals surface area contributed by atoms with Crippen molar-refractivity contribution in [2.24, 2.45) is 5.73 Å². The number of nitrogens with two attached hydrogens (primary N) is 1. The van der Waals surface area contributed by atoms with Crippen molar-refractivity contribution in [1.29, 1.82) is 0 Å². The monoisotopic (exact) mass is 292 g/mol. The highest BCUT2D eigenvalue weighted by atomic mass is 16.5. The summed E-state index contributed by atoms with van der Waals surface area (Å²) in [6.45, 7) is 1.78. The van der Waals surface area contributed by atoms with E-state index in [-0.39, 0.29) is 12.0 Å². The summed E-state index contributed by atoms with van der Waals surface area (Å²) in [4.78, 5) is 14.5. The molecule has 2 N–H and O–H groups in total. The van der Waals surface area contributed by atoms with Gasteiger partial charge in [0, 0.05) is 13.2 Å². The third kappa shape index (κ3) is 3.95. The van der Waals surface area contributed by atoms with E-state index in [0.717, 1.165) is 31.4 Å². The van der Waals surface area contributed by atoms with E-state index in [1.54, 1.807) is 12.0 Å². The van der Waals surface area contributed by atoms with E-state index in [0.29, 0.717) is 25.4 Å². The van der Waals surface area contributed by atoms with E-state index < -0.39 is 0 Å². The number of ether oxygens (including phenoxy) is 2. The first-order valence-electron chi connectivity index (χ1n) is 7.54. The highest BCUT2D eigenvalue weighted by Crippen LogP contribution is 2.29. The molecule has 5 heteroatoms. The molecule has 0 saturated carbocycles. The molecule has 1 fully saturated rings. The van der Waals surface area contributed by atoms with Gasteiger partial charge in [-0.1, -0.05) is 12.1 Å². The predicted molar refractivity (Wildman–Crippen MR) is 82.6 cm³/mol. The first kappa shape index (κ1) is 15.8. The van der Waals surface area contributed by atoms with Crippen LogP contribution in [0.3, 0.4) is 0 Å². The van der Waals surface area contributed by atoms with Gasteiger partial charge >= 0.3 is 0 Å². The summed E-state index contributed by atoms with van der Waals surface area (Å²) in [6.07, 6.45) is 3.25. The van der Waals surface area contributed by atoms with Crippen molar-refractivity contribution in [3.05, 3.63) is 24.3 Å². The average molecular weight is 292 g/mol. The molecule has 1 atom stereocenters. The van der Waals surface area contributed by atoms with Gasteiger partial charge in [0.2, 0.25) is 0 Å². The van der Waals surface area contributed by atoms with Crippen molar-refractivity contribution in [2.45, 2.75) is 31.8 Å². The van der Waals surface area contributed by atoms with Gasteiger partial charge < -0.3 is 20.1 Å². The topological polar surface area (TPSA) is 64.8 Å². The number of nitrogens with zero attached hydrogens (tertiary/aromatic N) is 1. The Kier molecular flexibility index (Phi) is 6.02. The van der Waals surface area contributed by atoms with Crippen molar-refractivity contribution in [3.63, 3.8) is 0 Å². The number of hydrogen-bond acceptors (Lipinski definition) is 4. The highest BCUT2D eigenvalue weighted by Gasteiger charge is 2.28. The van der Waals surface area contributed by atoms with Gasteiger partial charge in [-0.25, -0.2) is 0 Å². The molecule has 1 amide bonds. The van der Waals surface area contributed by atoms with E-state index >= 15 is 0 Å². The van der Waals surface area contributed by atoms with E-state index in [1.807, 2.05) is 24.3 Å². The third-order valence-electron chi connectivity index (χ3n) is 3.68. The zero-order valence-electron chi connectivity index (χ0n) is 12.6. The fourth-order valence-corrected chi connectivity index (χ4v) is 2.56. The Labute approximate surface area is 126 Å². The van der Waals surface area contributed by atoms with Crippen LogP contribution in [0.25, 0.3) is 0 Å². The van der Waals surface area contributed by atoms with Gasteiger partial charge in [-0.15, -0.1) is 0 Å². The molecule has 1 aromatic rings. The van der Waals surface area contributed by atoms with Crippen LogP contribution in [-0.2, 0) is 9.53 Å². The fraction of sp³-hybridized carbons (Fsp3) is 0.562. The van der Waals surface area contributed by atoms with Crippen molar-refractivity contribution in [2.75, 3.05) is 31.7 Å². The van der Waals surface area contributed by atoms with E-state index in [2.05, 4.69) is 0 Å². The minimum atomic E-state index is -0.346. The van der Waals surface area contributed by atoms with Crippen LogP contribution in [0, 0.1) is 0 Å².